The van der Waals surface area contributed by atoms with Crippen molar-refractivity contribution in [2.45, 2.75) is 52.6 Å². The van der Waals surface area contributed by atoms with E-state index in [1.807, 2.05) is 18.7 Å². The molecule has 2 N–H and O–H groups in total. The SMILES string of the molecule is CC(C)[C@H](N)C(=O)N1CCN(Cc2csc(C(C)(C)C)n2)CC1.Cl. The Balaban J connectivity index is 0.00000288. The first-order chi connectivity index (χ1) is 10.7. The van der Waals surface area contributed by atoms with Crippen molar-refractivity contribution in [1.82, 2.24) is 14.8 Å². The molecule has 0 radical (unpaired) electrons. The van der Waals surface area contributed by atoms with Crippen LogP contribution in [0.25, 0.3) is 0 Å². The van der Waals surface area contributed by atoms with Crippen molar-refractivity contribution in [3.05, 3.63) is 16.1 Å². The Morgan fingerprint density at radius 2 is 1.88 bits per heavy atom. The number of amides is 1. The Morgan fingerprint density at radius 1 is 1.29 bits per heavy atom. The molecule has 1 aromatic rings. The highest BCUT2D eigenvalue weighted by Crippen LogP contribution is 2.26. The number of thiazole rings is 1. The summed E-state index contributed by atoms with van der Waals surface area (Å²) in [6.45, 7) is 14.7. The van der Waals surface area contributed by atoms with Gasteiger partial charge >= 0.3 is 0 Å². The van der Waals surface area contributed by atoms with Gasteiger partial charge in [0, 0.05) is 43.5 Å². The van der Waals surface area contributed by atoms with Crippen molar-refractivity contribution < 1.29 is 4.79 Å². The Morgan fingerprint density at radius 3 is 2.33 bits per heavy atom. The maximum absolute atomic E-state index is 12.3. The van der Waals surface area contributed by atoms with E-state index >= 15 is 0 Å². The molecule has 0 unspecified atom stereocenters. The average Bonchev–Trinajstić information content (AvgIpc) is 2.95. The van der Waals surface area contributed by atoms with Crippen LogP contribution in [-0.4, -0.2) is 52.9 Å². The number of aromatic nitrogens is 1. The average molecular weight is 375 g/mol. The summed E-state index contributed by atoms with van der Waals surface area (Å²) in [6, 6.07) is -0.380. The van der Waals surface area contributed by atoms with Crippen molar-refractivity contribution in [2.75, 3.05) is 26.2 Å². The Kier molecular flexibility index (Phi) is 7.66. The first kappa shape index (κ1) is 21.4. The summed E-state index contributed by atoms with van der Waals surface area (Å²) in [4.78, 5) is 21.3. The van der Waals surface area contributed by atoms with Gasteiger partial charge in [-0.2, -0.15) is 0 Å². The topological polar surface area (TPSA) is 62.5 Å². The van der Waals surface area contributed by atoms with Crippen LogP contribution < -0.4 is 5.73 Å². The molecule has 0 saturated carbocycles. The van der Waals surface area contributed by atoms with Crippen molar-refractivity contribution in [3.8, 4) is 0 Å². The predicted octanol–water partition coefficient (Wildman–Crippen LogP) is 2.49. The standard InChI is InChI=1S/C17H30N4OS.ClH/c1-12(2)14(18)15(22)21-8-6-20(7-9-21)10-13-11-23-16(19-13)17(3,4)5;/h11-12,14H,6-10,18H2,1-5H3;1H/t14-;/m0./s1. The highest BCUT2D eigenvalue weighted by Gasteiger charge is 2.27. The van der Waals surface area contributed by atoms with Gasteiger partial charge < -0.3 is 10.6 Å². The maximum atomic E-state index is 12.3. The second-order valence-electron chi connectivity index (χ2n) is 7.77. The lowest BCUT2D eigenvalue weighted by atomic mass is 9.98. The molecule has 1 atom stereocenters. The minimum Gasteiger partial charge on any atom is -0.339 e. The van der Waals surface area contributed by atoms with Crippen molar-refractivity contribution >= 4 is 29.7 Å². The smallest absolute Gasteiger partial charge is 0.239 e. The highest BCUT2D eigenvalue weighted by atomic mass is 35.5. The van der Waals surface area contributed by atoms with E-state index in [4.69, 9.17) is 10.7 Å². The van der Waals surface area contributed by atoms with Gasteiger partial charge in [-0.05, 0) is 5.92 Å². The van der Waals surface area contributed by atoms with Crippen LogP contribution >= 0.6 is 23.7 Å². The molecule has 0 aliphatic carbocycles. The molecule has 2 heterocycles. The van der Waals surface area contributed by atoms with Crippen molar-refractivity contribution in [1.29, 1.82) is 0 Å². The number of piperazine rings is 1. The van der Waals surface area contributed by atoms with Gasteiger partial charge in [-0.1, -0.05) is 34.6 Å². The van der Waals surface area contributed by atoms with E-state index < -0.39 is 0 Å². The lowest BCUT2D eigenvalue weighted by Crippen LogP contribution is -2.54. The zero-order valence-corrected chi connectivity index (χ0v) is 17.0. The number of nitrogens with zero attached hydrogens (tertiary/aromatic N) is 3. The van der Waals surface area contributed by atoms with Gasteiger partial charge in [0.05, 0.1) is 16.7 Å². The van der Waals surface area contributed by atoms with Gasteiger partial charge in [0.15, 0.2) is 0 Å². The van der Waals surface area contributed by atoms with E-state index in [9.17, 15) is 4.79 Å². The van der Waals surface area contributed by atoms with Crippen LogP contribution in [0, 0.1) is 5.92 Å². The predicted molar refractivity (Wildman–Crippen MR) is 103 cm³/mol. The lowest BCUT2D eigenvalue weighted by molar-refractivity contribution is -0.135. The largest absolute Gasteiger partial charge is 0.339 e. The fourth-order valence-corrected chi connectivity index (χ4v) is 3.47. The first-order valence-electron chi connectivity index (χ1n) is 8.40. The van der Waals surface area contributed by atoms with E-state index in [0.29, 0.717) is 0 Å². The second kappa shape index (κ2) is 8.61. The molecule has 1 fully saturated rings. The van der Waals surface area contributed by atoms with Gasteiger partial charge in [-0.15, -0.1) is 23.7 Å². The molecular formula is C17H31ClN4OS. The summed E-state index contributed by atoms with van der Waals surface area (Å²) >= 11 is 1.74. The number of nitrogens with two attached hydrogens (primary N) is 1. The van der Waals surface area contributed by atoms with Gasteiger partial charge in [0.2, 0.25) is 5.91 Å². The van der Waals surface area contributed by atoms with Crippen LogP contribution in [0.2, 0.25) is 0 Å². The molecule has 0 aromatic carbocycles. The van der Waals surface area contributed by atoms with Crippen LogP contribution in [-0.2, 0) is 16.8 Å². The number of halogens is 1. The molecule has 1 saturated heterocycles. The quantitative estimate of drug-likeness (QED) is 0.879. The number of carbonyl (C=O) groups is 1. The molecule has 138 valence electrons. The van der Waals surface area contributed by atoms with E-state index in [1.54, 1.807) is 11.3 Å². The van der Waals surface area contributed by atoms with E-state index in [0.717, 1.165) is 38.4 Å². The maximum Gasteiger partial charge on any atom is 0.239 e. The molecule has 1 aliphatic rings. The van der Waals surface area contributed by atoms with E-state index in [-0.39, 0.29) is 35.7 Å². The van der Waals surface area contributed by atoms with Crippen molar-refractivity contribution in [2.24, 2.45) is 11.7 Å². The third-order valence-corrected chi connectivity index (χ3v) is 5.58. The van der Waals surface area contributed by atoms with Crippen LogP contribution in [0.15, 0.2) is 5.38 Å². The van der Waals surface area contributed by atoms with Crippen LogP contribution in [0.5, 0.6) is 0 Å². The number of rotatable bonds is 4. The summed E-state index contributed by atoms with van der Waals surface area (Å²) in [5.41, 5.74) is 7.23. The van der Waals surface area contributed by atoms with Gasteiger partial charge in [0.25, 0.3) is 0 Å². The minimum atomic E-state index is -0.380. The van der Waals surface area contributed by atoms with Crippen LogP contribution in [0.1, 0.15) is 45.3 Å². The fourth-order valence-electron chi connectivity index (χ4n) is 2.58. The zero-order chi connectivity index (χ0) is 17.2. The highest BCUT2D eigenvalue weighted by molar-refractivity contribution is 7.09. The van der Waals surface area contributed by atoms with E-state index in [2.05, 4.69) is 31.1 Å². The lowest BCUT2D eigenvalue weighted by Gasteiger charge is -2.36. The molecule has 0 spiro atoms. The van der Waals surface area contributed by atoms with Gasteiger partial charge in [-0.3, -0.25) is 9.69 Å². The fraction of sp³-hybridized carbons (Fsp3) is 0.765. The Bertz CT molecular complexity index is 533. The van der Waals surface area contributed by atoms with Gasteiger partial charge in [-0.25, -0.2) is 4.98 Å². The molecule has 1 amide bonds. The molecule has 2 rings (SSSR count). The normalized spacial score (nSPS) is 17.7. The van der Waals surface area contributed by atoms with E-state index in [1.165, 1.54) is 5.01 Å². The Hall–Kier alpha value is -0.690. The van der Waals surface area contributed by atoms with Gasteiger partial charge in [0.1, 0.15) is 0 Å². The van der Waals surface area contributed by atoms with Crippen molar-refractivity contribution in [3.63, 3.8) is 0 Å². The summed E-state index contributed by atoms with van der Waals surface area (Å²) in [7, 11) is 0. The molecule has 0 bridgehead atoms. The second-order valence-corrected chi connectivity index (χ2v) is 8.62. The third kappa shape index (κ3) is 5.41. The number of carbonyl (C=O) groups excluding carboxylic acids is 1. The molecule has 1 aromatic heterocycles. The summed E-state index contributed by atoms with van der Waals surface area (Å²) in [5, 5.41) is 3.34. The number of hydrogen-bond donors (Lipinski definition) is 1. The third-order valence-electron chi connectivity index (χ3n) is 4.27. The first-order valence-corrected chi connectivity index (χ1v) is 9.28. The summed E-state index contributed by atoms with van der Waals surface area (Å²) < 4.78 is 0. The molecule has 5 nitrogen and oxygen atoms in total. The number of hydrogen-bond acceptors (Lipinski definition) is 5. The molecule has 7 heteroatoms. The molecule has 1 aliphatic heterocycles. The summed E-state index contributed by atoms with van der Waals surface area (Å²) in [6.07, 6.45) is 0. The Labute approximate surface area is 156 Å². The zero-order valence-electron chi connectivity index (χ0n) is 15.4. The minimum absolute atomic E-state index is 0. The van der Waals surface area contributed by atoms with Crippen LogP contribution in [0.4, 0.5) is 0 Å². The molecule has 24 heavy (non-hydrogen) atoms. The summed E-state index contributed by atoms with van der Waals surface area (Å²) in [5.74, 6) is 0.273. The molecular weight excluding hydrogens is 344 g/mol. The van der Waals surface area contributed by atoms with Crippen LogP contribution in [0.3, 0.4) is 0 Å². The monoisotopic (exact) mass is 374 g/mol.